The highest BCUT2D eigenvalue weighted by Gasteiger charge is 2.33. The summed E-state index contributed by atoms with van der Waals surface area (Å²) in [5.74, 6) is 1.69. The van der Waals surface area contributed by atoms with Gasteiger partial charge in [-0.25, -0.2) is 9.97 Å². The third kappa shape index (κ3) is 4.08. The van der Waals surface area contributed by atoms with Crippen LogP contribution in [0.4, 0.5) is 30.5 Å². The lowest BCUT2D eigenvalue weighted by Gasteiger charge is -2.36. The van der Waals surface area contributed by atoms with Crippen LogP contribution in [0.25, 0.3) is 0 Å². The molecule has 1 aliphatic heterocycles. The summed E-state index contributed by atoms with van der Waals surface area (Å²) in [5.41, 5.74) is -0.711. The van der Waals surface area contributed by atoms with Crippen LogP contribution in [0.2, 0.25) is 0 Å². The Hall–Kier alpha value is -2.31. The predicted octanol–water partition coefficient (Wildman–Crippen LogP) is 5.32. The van der Waals surface area contributed by atoms with Crippen molar-refractivity contribution in [1.82, 2.24) is 9.97 Å². The molecule has 3 rings (SSSR count). The monoisotopic (exact) mass is 364 g/mol. The van der Waals surface area contributed by atoms with Crippen LogP contribution in [0.3, 0.4) is 0 Å². The summed E-state index contributed by atoms with van der Waals surface area (Å²) in [4.78, 5) is 11.1. The summed E-state index contributed by atoms with van der Waals surface area (Å²) in [7, 11) is 0. The van der Waals surface area contributed by atoms with Gasteiger partial charge >= 0.3 is 6.18 Å². The van der Waals surface area contributed by atoms with Crippen LogP contribution < -0.4 is 10.2 Å². The first kappa shape index (κ1) is 18.5. The molecule has 1 aliphatic rings. The molecule has 0 aliphatic carbocycles. The van der Waals surface area contributed by atoms with Crippen molar-refractivity contribution in [2.24, 2.45) is 0 Å². The molecule has 1 atom stereocenters. The number of aromatic nitrogens is 2. The van der Waals surface area contributed by atoms with E-state index in [1.54, 1.807) is 19.1 Å². The Morgan fingerprint density at radius 1 is 1.19 bits per heavy atom. The van der Waals surface area contributed by atoms with E-state index in [1.807, 2.05) is 0 Å². The molecule has 2 heterocycles. The average molecular weight is 364 g/mol. The summed E-state index contributed by atoms with van der Waals surface area (Å²) in [5, 5.41) is 2.83. The first-order chi connectivity index (χ1) is 12.4. The minimum atomic E-state index is -4.42. The molecule has 0 saturated carbocycles. The number of hydrogen-bond donors (Lipinski definition) is 1. The van der Waals surface area contributed by atoms with Crippen molar-refractivity contribution in [3.8, 4) is 0 Å². The van der Waals surface area contributed by atoms with Gasteiger partial charge in [0.25, 0.3) is 0 Å². The van der Waals surface area contributed by atoms with E-state index in [0.29, 0.717) is 17.7 Å². The zero-order valence-corrected chi connectivity index (χ0v) is 15.0. The Morgan fingerprint density at radius 2 is 1.96 bits per heavy atom. The van der Waals surface area contributed by atoms with E-state index >= 15 is 0 Å². The molecule has 26 heavy (non-hydrogen) atoms. The van der Waals surface area contributed by atoms with Gasteiger partial charge in [0, 0.05) is 18.7 Å². The largest absolute Gasteiger partial charge is 0.418 e. The molecule has 0 spiro atoms. The molecule has 0 amide bonds. The molecule has 140 valence electrons. The lowest BCUT2D eigenvalue weighted by Crippen LogP contribution is -2.39. The average Bonchev–Trinajstić information content (AvgIpc) is 2.60. The number of piperidine rings is 1. The molecule has 1 unspecified atom stereocenters. The van der Waals surface area contributed by atoms with Gasteiger partial charge in [-0.2, -0.15) is 13.2 Å². The summed E-state index contributed by atoms with van der Waals surface area (Å²) >= 11 is 0. The normalized spacial score (nSPS) is 18.0. The van der Waals surface area contributed by atoms with Gasteiger partial charge in [0.05, 0.1) is 11.3 Å². The van der Waals surface area contributed by atoms with Gasteiger partial charge in [0.1, 0.15) is 17.5 Å². The number of benzene rings is 1. The number of para-hydroxylation sites is 1. The second kappa shape index (κ2) is 7.51. The van der Waals surface area contributed by atoms with Crippen molar-refractivity contribution in [2.45, 2.75) is 51.7 Å². The molecule has 2 aromatic rings. The van der Waals surface area contributed by atoms with Gasteiger partial charge in [0.15, 0.2) is 0 Å². The minimum absolute atomic E-state index is 0.00487. The molecule has 7 heteroatoms. The number of halogens is 3. The Kier molecular flexibility index (Phi) is 5.34. The number of nitrogens with one attached hydrogen (secondary N) is 1. The maximum atomic E-state index is 13.2. The van der Waals surface area contributed by atoms with Gasteiger partial charge in [-0.1, -0.05) is 19.1 Å². The van der Waals surface area contributed by atoms with Crippen LogP contribution in [0, 0.1) is 6.92 Å². The molecule has 0 bridgehead atoms. The maximum Gasteiger partial charge on any atom is 0.418 e. The second-order valence-electron chi connectivity index (χ2n) is 6.58. The Bertz CT molecular complexity index is 761. The molecule has 1 fully saturated rings. The molecule has 1 N–H and O–H groups in total. The number of rotatable bonds is 4. The van der Waals surface area contributed by atoms with Gasteiger partial charge in [-0.15, -0.1) is 0 Å². The van der Waals surface area contributed by atoms with Gasteiger partial charge in [-0.3, -0.25) is 0 Å². The fraction of sp³-hybridized carbons (Fsp3) is 0.474. The lowest BCUT2D eigenvalue weighted by molar-refractivity contribution is -0.136. The summed E-state index contributed by atoms with van der Waals surface area (Å²) < 4.78 is 39.6. The van der Waals surface area contributed by atoms with Crippen molar-refractivity contribution >= 4 is 17.3 Å². The van der Waals surface area contributed by atoms with Gasteiger partial charge in [-0.05, 0) is 44.7 Å². The first-order valence-corrected chi connectivity index (χ1v) is 8.94. The summed E-state index contributed by atoms with van der Waals surface area (Å²) in [6.07, 6.45) is -0.00102. The predicted molar refractivity (Wildman–Crippen MR) is 96.8 cm³/mol. The number of alkyl halides is 3. The standard InChI is InChI=1S/C19H23F3N4/c1-3-14-8-6-7-11-26(14)18-12-17(23-13(2)24-18)25-16-10-5-4-9-15(16)19(20,21)22/h4-5,9-10,12,14H,3,6-8,11H2,1-2H3,(H,23,24,25). The van der Waals surface area contributed by atoms with E-state index < -0.39 is 11.7 Å². The van der Waals surface area contributed by atoms with E-state index in [0.717, 1.165) is 37.7 Å². The number of anilines is 3. The topological polar surface area (TPSA) is 41.0 Å². The Morgan fingerprint density at radius 3 is 2.69 bits per heavy atom. The Labute approximate surface area is 151 Å². The van der Waals surface area contributed by atoms with Gasteiger partial charge < -0.3 is 10.2 Å². The molecule has 1 aromatic carbocycles. The van der Waals surface area contributed by atoms with E-state index in [1.165, 1.54) is 18.6 Å². The van der Waals surface area contributed by atoms with Crippen molar-refractivity contribution in [3.63, 3.8) is 0 Å². The third-order valence-corrected chi connectivity index (χ3v) is 4.71. The second-order valence-corrected chi connectivity index (χ2v) is 6.58. The van der Waals surface area contributed by atoms with E-state index in [4.69, 9.17) is 0 Å². The van der Waals surface area contributed by atoms with Crippen molar-refractivity contribution in [3.05, 3.63) is 41.7 Å². The van der Waals surface area contributed by atoms with Gasteiger partial charge in [0.2, 0.25) is 0 Å². The maximum absolute atomic E-state index is 13.2. The van der Waals surface area contributed by atoms with Crippen LogP contribution in [-0.2, 0) is 6.18 Å². The van der Waals surface area contributed by atoms with E-state index in [9.17, 15) is 13.2 Å². The third-order valence-electron chi connectivity index (χ3n) is 4.71. The van der Waals surface area contributed by atoms with E-state index in [2.05, 4.69) is 27.1 Å². The van der Waals surface area contributed by atoms with Crippen LogP contribution in [0.1, 0.15) is 44.0 Å². The smallest absolute Gasteiger partial charge is 0.353 e. The number of aryl methyl sites for hydroxylation is 1. The number of hydrogen-bond acceptors (Lipinski definition) is 4. The molecule has 1 saturated heterocycles. The highest BCUT2D eigenvalue weighted by molar-refractivity contribution is 5.63. The van der Waals surface area contributed by atoms with Crippen LogP contribution in [0.15, 0.2) is 30.3 Å². The molecular weight excluding hydrogens is 341 g/mol. The molecule has 0 radical (unpaired) electrons. The first-order valence-electron chi connectivity index (χ1n) is 8.94. The van der Waals surface area contributed by atoms with Crippen LogP contribution in [-0.4, -0.2) is 22.6 Å². The minimum Gasteiger partial charge on any atom is -0.353 e. The Balaban J connectivity index is 1.92. The van der Waals surface area contributed by atoms with E-state index in [-0.39, 0.29) is 5.69 Å². The SMILES string of the molecule is CCC1CCCCN1c1cc(Nc2ccccc2C(F)(F)F)nc(C)n1. The lowest BCUT2D eigenvalue weighted by atomic mass is 10.00. The summed E-state index contributed by atoms with van der Waals surface area (Å²) in [6, 6.07) is 7.58. The van der Waals surface area contributed by atoms with Crippen LogP contribution >= 0.6 is 0 Å². The van der Waals surface area contributed by atoms with Crippen molar-refractivity contribution in [2.75, 3.05) is 16.8 Å². The van der Waals surface area contributed by atoms with Crippen LogP contribution in [0.5, 0.6) is 0 Å². The van der Waals surface area contributed by atoms with Crippen molar-refractivity contribution in [1.29, 1.82) is 0 Å². The fourth-order valence-corrected chi connectivity index (χ4v) is 3.47. The molecule has 1 aromatic heterocycles. The van der Waals surface area contributed by atoms with Crippen molar-refractivity contribution < 1.29 is 13.2 Å². The fourth-order valence-electron chi connectivity index (χ4n) is 3.47. The zero-order chi connectivity index (χ0) is 18.7. The zero-order valence-electron chi connectivity index (χ0n) is 15.0. The highest BCUT2D eigenvalue weighted by atomic mass is 19.4. The molecular formula is C19H23F3N4. The quantitative estimate of drug-likeness (QED) is 0.797. The summed E-state index contributed by atoms with van der Waals surface area (Å²) in [6.45, 7) is 4.82. The molecule has 4 nitrogen and oxygen atoms in total. The highest BCUT2D eigenvalue weighted by Crippen LogP contribution is 2.36. The number of nitrogens with zero attached hydrogens (tertiary/aromatic N) is 3.